The molecule has 4 aromatic rings. The quantitative estimate of drug-likeness (QED) is 0.564. The third-order valence-corrected chi connectivity index (χ3v) is 4.48. The largest absolute Gasteiger partial charge is 0.467 e. The van der Waals surface area contributed by atoms with Gasteiger partial charge in [0.05, 0.1) is 12.8 Å². The van der Waals surface area contributed by atoms with Crippen molar-refractivity contribution in [2.24, 2.45) is 0 Å². The number of hydrogen-bond donors (Lipinski definition) is 1. The lowest BCUT2D eigenvalue weighted by Crippen LogP contribution is -2.03. The lowest BCUT2D eigenvalue weighted by atomic mass is 10.0. The Bertz CT molecular complexity index is 1020. The SMILES string of the molecule is Cc1ccc(-c2nnc(NCc3ccco3)c3ccccc23)cc1C. The minimum atomic E-state index is 0.578. The van der Waals surface area contributed by atoms with E-state index in [1.54, 1.807) is 6.26 Å². The number of benzene rings is 2. The van der Waals surface area contributed by atoms with Gasteiger partial charge in [-0.3, -0.25) is 0 Å². The molecule has 0 spiro atoms. The summed E-state index contributed by atoms with van der Waals surface area (Å²) in [6.45, 7) is 4.81. The number of rotatable bonds is 4. The number of furan rings is 1. The highest BCUT2D eigenvalue weighted by molar-refractivity contribution is 6.00. The zero-order valence-electron chi connectivity index (χ0n) is 14.3. The molecule has 0 saturated heterocycles. The van der Waals surface area contributed by atoms with Crippen molar-refractivity contribution >= 4 is 16.6 Å². The Kier molecular flexibility index (Phi) is 3.94. The Morgan fingerprint density at radius 1 is 0.880 bits per heavy atom. The summed E-state index contributed by atoms with van der Waals surface area (Å²) in [5, 5.41) is 14.4. The van der Waals surface area contributed by atoms with Gasteiger partial charge in [0, 0.05) is 16.3 Å². The summed E-state index contributed by atoms with van der Waals surface area (Å²) in [6, 6.07) is 18.4. The van der Waals surface area contributed by atoms with Gasteiger partial charge in [-0.1, -0.05) is 36.4 Å². The molecule has 2 aromatic carbocycles. The van der Waals surface area contributed by atoms with E-state index < -0.39 is 0 Å². The van der Waals surface area contributed by atoms with Crippen molar-refractivity contribution in [2.45, 2.75) is 20.4 Å². The predicted molar refractivity (Wildman–Crippen MR) is 100 cm³/mol. The van der Waals surface area contributed by atoms with Crippen molar-refractivity contribution in [1.82, 2.24) is 10.2 Å². The zero-order chi connectivity index (χ0) is 17.2. The van der Waals surface area contributed by atoms with Crippen molar-refractivity contribution in [3.05, 3.63) is 77.7 Å². The molecule has 0 aliphatic carbocycles. The molecule has 0 radical (unpaired) electrons. The van der Waals surface area contributed by atoms with Crippen LogP contribution in [0.25, 0.3) is 22.0 Å². The maximum atomic E-state index is 5.37. The molecular formula is C21H19N3O. The monoisotopic (exact) mass is 329 g/mol. The standard InChI is InChI=1S/C21H19N3O/c1-14-9-10-16(12-15(14)2)20-18-7-3-4-8-19(18)21(24-23-20)22-13-17-6-5-11-25-17/h3-12H,13H2,1-2H3,(H,22,24). The van der Waals surface area contributed by atoms with Gasteiger partial charge < -0.3 is 9.73 Å². The van der Waals surface area contributed by atoms with E-state index in [2.05, 4.69) is 59.7 Å². The van der Waals surface area contributed by atoms with Crippen LogP contribution in [-0.2, 0) is 6.54 Å². The molecule has 25 heavy (non-hydrogen) atoms. The topological polar surface area (TPSA) is 51.0 Å². The summed E-state index contributed by atoms with van der Waals surface area (Å²) in [5.41, 5.74) is 4.52. The van der Waals surface area contributed by atoms with E-state index in [4.69, 9.17) is 4.42 Å². The minimum absolute atomic E-state index is 0.578. The molecule has 0 atom stereocenters. The molecule has 4 rings (SSSR count). The molecule has 4 heteroatoms. The second kappa shape index (κ2) is 6.40. The average molecular weight is 329 g/mol. The highest BCUT2D eigenvalue weighted by atomic mass is 16.3. The smallest absolute Gasteiger partial charge is 0.156 e. The third kappa shape index (κ3) is 2.98. The molecule has 0 fully saturated rings. The second-order valence-corrected chi connectivity index (χ2v) is 6.17. The summed E-state index contributed by atoms with van der Waals surface area (Å²) in [7, 11) is 0. The molecule has 0 bridgehead atoms. The Balaban J connectivity index is 1.77. The summed E-state index contributed by atoms with van der Waals surface area (Å²) in [4.78, 5) is 0. The van der Waals surface area contributed by atoms with Crippen molar-refractivity contribution in [2.75, 3.05) is 5.32 Å². The molecule has 0 aliphatic rings. The van der Waals surface area contributed by atoms with Crippen LogP contribution in [0.3, 0.4) is 0 Å². The summed E-state index contributed by atoms with van der Waals surface area (Å²) < 4.78 is 5.37. The van der Waals surface area contributed by atoms with Gasteiger partial charge >= 0.3 is 0 Å². The van der Waals surface area contributed by atoms with Gasteiger partial charge in [-0.25, -0.2) is 0 Å². The maximum Gasteiger partial charge on any atom is 0.156 e. The van der Waals surface area contributed by atoms with E-state index in [1.807, 2.05) is 24.3 Å². The molecule has 2 heterocycles. The van der Waals surface area contributed by atoms with Crippen LogP contribution in [0.5, 0.6) is 0 Å². The van der Waals surface area contributed by atoms with Crippen LogP contribution in [0.2, 0.25) is 0 Å². The van der Waals surface area contributed by atoms with E-state index in [0.717, 1.165) is 33.6 Å². The van der Waals surface area contributed by atoms with Crippen LogP contribution in [0.1, 0.15) is 16.9 Å². The number of anilines is 1. The van der Waals surface area contributed by atoms with E-state index in [-0.39, 0.29) is 0 Å². The number of aryl methyl sites for hydroxylation is 2. The van der Waals surface area contributed by atoms with Gasteiger partial charge in [-0.2, -0.15) is 0 Å². The van der Waals surface area contributed by atoms with Gasteiger partial charge in [0.15, 0.2) is 5.82 Å². The Hall–Kier alpha value is -3.14. The summed E-state index contributed by atoms with van der Waals surface area (Å²) in [5.74, 6) is 1.63. The van der Waals surface area contributed by atoms with Crippen molar-refractivity contribution in [3.63, 3.8) is 0 Å². The molecule has 2 aromatic heterocycles. The van der Waals surface area contributed by atoms with Crippen LogP contribution in [0.15, 0.2) is 65.3 Å². The van der Waals surface area contributed by atoms with Crippen molar-refractivity contribution in [1.29, 1.82) is 0 Å². The lowest BCUT2D eigenvalue weighted by molar-refractivity contribution is 0.518. The van der Waals surface area contributed by atoms with E-state index >= 15 is 0 Å². The van der Waals surface area contributed by atoms with Gasteiger partial charge in [0.2, 0.25) is 0 Å². The van der Waals surface area contributed by atoms with E-state index in [9.17, 15) is 0 Å². The number of hydrogen-bond acceptors (Lipinski definition) is 4. The number of nitrogens with one attached hydrogen (secondary N) is 1. The first-order valence-corrected chi connectivity index (χ1v) is 8.31. The van der Waals surface area contributed by atoms with E-state index in [0.29, 0.717) is 6.54 Å². The molecular weight excluding hydrogens is 310 g/mol. The highest BCUT2D eigenvalue weighted by Crippen LogP contribution is 2.30. The van der Waals surface area contributed by atoms with Crippen molar-refractivity contribution < 1.29 is 4.42 Å². The van der Waals surface area contributed by atoms with Gasteiger partial charge in [0.1, 0.15) is 11.5 Å². The number of aromatic nitrogens is 2. The fourth-order valence-corrected chi connectivity index (χ4v) is 2.92. The van der Waals surface area contributed by atoms with Crippen LogP contribution >= 0.6 is 0 Å². The Labute approximate surface area is 146 Å². The van der Waals surface area contributed by atoms with Crippen LogP contribution in [0, 0.1) is 13.8 Å². The molecule has 0 saturated carbocycles. The van der Waals surface area contributed by atoms with E-state index in [1.165, 1.54) is 11.1 Å². The van der Waals surface area contributed by atoms with Crippen LogP contribution < -0.4 is 5.32 Å². The fraction of sp³-hybridized carbons (Fsp3) is 0.143. The van der Waals surface area contributed by atoms with Gasteiger partial charge in [0.25, 0.3) is 0 Å². The third-order valence-electron chi connectivity index (χ3n) is 4.48. The number of nitrogens with zero attached hydrogens (tertiary/aromatic N) is 2. The maximum absolute atomic E-state index is 5.37. The average Bonchev–Trinajstić information content (AvgIpc) is 3.15. The van der Waals surface area contributed by atoms with Crippen LogP contribution in [0.4, 0.5) is 5.82 Å². The first kappa shape index (κ1) is 15.4. The zero-order valence-corrected chi connectivity index (χ0v) is 14.3. The Morgan fingerprint density at radius 3 is 2.48 bits per heavy atom. The Morgan fingerprint density at radius 2 is 1.72 bits per heavy atom. The highest BCUT2D eigenvalue weighted by Gasteiger charge is 2.11. The second-order valence-electron chi connectivity index (χ2n) is 6.17. The summed E-state index contributed by atoms with van der Waals surface area (Å²) in [6.07, 6.45) is 1.67. The molecule has 0 amide bonds. The minimum Gasteiger partial charge on any atom is -0.467 e. The molecule has 0 aliphatic heterocycles. The normalized spacial score (nSPS) is 11.0. The van der Waals surface area contributed by atoms with Crippen LogP contribution in [-0.4, -0.2) is 10.2 Å². The lowest BCUT2D eigenvalue weighted by Gasteiger charge is -2.11. The van der Waals surface area contributed by atoms with Gasteiger partial charge in [-0.15, -0.1) is 10.2 Å². The van der Waals surface area contributed by atoms with Crippen molar-refractivity contribution in [3.8, 4) is 11.3 Å². The summed E-state index contributed by atoms with van der Waals surface area (Å²) >= 11 is 0. The molecule has 1 N–H and O–H groups in total. The molecule has 0 unspecified atom stereocenters. The first-order chi connectivity index (χ1) is 12.2. The molecule has 4 nitrogen and oxygen atoms in total. The fourth-order valence-electron chi connectivity index (χ4n) is 2.92. The number of fused-ring (bicyclic) bond motifs is 1. The van der Waals surface area contributed by atoms with Gasteiger partial charge in [-0.05, 0) is 43.2 Å². The first-order valence-electron chi connectivity index (χ1n) is 8.31. The predicted octanol–water partition coefficient (Wildman–Crippen LogP) is 5.12. The molecule has 124 valence electrons.